The van der Waals surface area contributed by atoms with E-state index in [9.17, 15) is 30.0 Å². The van der Waals surface area contributed by atoms with Crippen molar-refractivity contribution < 1.29 is 58.1 Å². The van der Waals surface area contributed by atoms with Crippen LogP contribution in [0.5, 0.6) is 28.7 Å². The van der Waals surface area contributed by atoms with Crippen LogP contribution in [0, 0.1) is 0 Å². The predicted octanol–water partition coefficient (Wildman–Crippen LogP) is 8.64. The van der Waals surface area contributed by atoms with Crippen LogP contribution in [0.1, 0.15) is 16.7 Å². The Morgan fingerprint density at radius 3 is 1.99 bits per heavy atom. The minimum Gasteiger partial charge on any atom is -0.504 e. The van der Waals surface area contributed by atoms with Crippen molar-refractivity contribution >= 4 is 44.6 Å². The van der Waals surface area contributed by atoms with Crippen molar-refractivity contribution in [3.63, 3.8) is 0 Å². The van der Waals surface area contributed by atoms with Crippen molar-refractivity contribution in [3.05, 3.63) is 191 Å². The summed E-state index contributed by atoms with van der Waals surface area (Å²) < 4.78 is 41.6. The van der Waals surface area contributed by atoms with Crippen LogP contribution in [0.15, 0.2) is 174 Å². The van der Waals surface area contributed by atoms with Gasteiger partial charge in [-0.2, -0.15) is 0 Å². The van der Waals surface area contributed by atoms with E-state index >= 15 is 0 Å². The summed E-state index contributed by atoms with van der Waals surface area (Å²) in [4.78, 5) is 26.6. The number of rotatable bonds is 16. The quantitative estimate of drug-likeness (QED) is 0.0411. The standard InChI is InChI=1S/C55H46O13/c1-2-27-62-39-22-17-33(18-23-39)19-26-48(57)64-32-47-50(58)52(60)53(61)55(68-47)67-46-29-45-49(51(59)54(46)65-31-38-14-8-12-35-10-4-6-16-42(35)38)43(56)28-44(66-45)36-20-24-40(25-21-36)63-30-37-13-7-11-34-9-3-5-15-41(34)37/h2-26,28-29,47,50,52-53,55,58-61H,1,27,30-32H2/b26-19+/t47-,50-,52+,53-,55-/m1/s1. The zero-order valence-corrected chi connectivity index (χ0v) is 36.5. The summed E-state index contributed by atoms with van der Waals surface area (Å²) in [6.45, 7) is 3.67. The largest absolute Gasteiger partial charge is 0.504 e. The lowest BCUT2D eigenvalue weighted by Gasteiger charge is -2.40. The average molecular weight is 915 g/mol. The van der Waals surface area contributed by atoms with Crippen LogP contribution < -0.4 is 24.4 Å². The molecule has 9 rings (SSSR count). The zero-order valence-electron chi connectivity index (χ0n) is 36.5. The number of fused-ring (bicyclic) bond motifs is 3. The van der Waals surface area contributed by atoms with Gasteiger partial charge in [0.1, 0.15) is 79.1 Å². The molecule has 0 unspecified atom stereocenters. The van der Waals surface area contributed by atoms with Crippen LogP contribution in [0.25, 0.3) is 49.9 Å². The average Bonchev–Trinajstić information content (AvgIpc) is 3.36. The maximum Gasteiger partial charge on any atom is 0.330 e. The Labute approximate surface area is 389 Å². The van der Waals surface area contributed by atoms with Crippen LogP contribution in [-0.4, -0.2) is 70.3 Å². The fourth-order valence-corrected chi connectivity index (χ4v) is 7.98. The van der Waals surface area contributed by atoms with E-state index in [1.165, 1.54) is 24.3 Å². The summed E-state index contributed by atoms with van der Waals surface area (Å²) >= 11 is 0. The van der Waals surface area contributed by atoms with Gasteiger partial charge in [-0.1, -0.05) is 110 Å². The number of aliphatic hydroxyl groups excluding tert-OH is 3. The maximum atomic E-state index is 13.9. The minimum absolute atomic E-state index is 0.0934. The molecule has 1 aliphatic rings. The van der Waals surface area contributed by atoms with Crippen LogP contribution in [0.2, 0.25) is 0 Å². The molecule has 13 heteroatoms. The second-order valence-electron chi connectivity index (χ2n) is 16.0. The van der Waals surface area contributed by atoms with Crippen LogP contribution in [0.4, 0.5) is 0 Å². The molecule has 0 spiro atoms. The van der Waals surface area contributed by atoms with Gasteiger partial charge in [0.25, 0.3) is 0 Å². The molecule has 1 fully saturated rings. The number of benzene rings is 7. The Hall–Kier alpha value is -7.94. The number of phenolic OH excluding ortho intramolecular Hbond substituents is 1. The first-order valence-electron chi connectivity index (χ1n) is 21.8. The topological polar surface area (TPSA) is 184 Å². The monoisotopic (exact) mass is 914 g/mol. The first-order valence-corrected chi connectivity index (χ1v) is 21.8. The number of phenols is 1. The van der Waals surface area contributed by atoms with Gasteiger partial charge in [0.05, 0.1) is 0 Å². The van der Waals surface area contributed by atoms with Crippen molar-refractivity contribution in [2.24, 2.45) is 0 Å². The number of ether oxygens (including phenoxy) is 6. The third-order valence-corrected chi connectivity index (χ3v) is 11.5. The maximum absolute atomic E-state index is 13.9. The molecule has 2 heterocycles. The summed E-state index contributed by atoms with van der Waals surface area (Å²) in [5.74, 6) is -0.534. The number of aromatic hydroxyl groups is 1. The number of aliphatic hydroxyl groups is 3. The van der Waals surface area contributed by atoms with Gasteiger partial charge in [-0.05, 0) is 80.7 Å². The second kappa shape index (κ2) is 20.3. The highest BCUT2D eigenvalue weighted by molar-refractivity contribution is 5.90. The highest BCUT2D eigenvalue weighted by Crippen LogP contribution is 2.44. The molecular weight excluding hydrogens is 869 g/mol. The molecule has 0 amide bonds. The van der Waals surface area contributed by atoms with Crippen molar-refractivity contribution in [3.8, 4) is 40.1 Å². The molecule has 8 aromatic rings. The fourth-order valence-electron chi connectivity index (χ4n) is 7.98. The highest BCUT2D eigenvalue weighted by Gasteiger charge is 2.46. The molecule has 0 bridgehead atoms. The Bertz CT molecular complexity index is 3170. The number of hydrogen-bond donors (Lipinski definition) is 4. The molecule has 5 atom stereocenters. The Morgan fingerprint density at radius 1 is 0.691 bits per heavy atom. The molecular formula is C55H46O13. The van der Waals surface area contributed by atoms with Gasteiger partial charge >= 0.3 is 5.97 Å². The van der Waals surface area contributed by atoms with Gasteiger partial charge in [-0.3, -0.25) is 4.79 Å². The van der Waals surface area contributed by atoms with E-state index in [-0.39, 0.29) is 34.8 Å². The summed E-state index contributed by atoms with van der Waals surface area (Å²) in [5.41, 5.74) is 2.30. The smallest absolute Gasteiger partial charge is 0.330 e. The molecule has 1 aromatic heterocycles. The van der Waals surface area contributed by atoms with Gasteiger partial charge in [0.15, 0.2) is 16.9 Å². The van der Waals surface area contributed by atoms with Gasteiger partial charge in [-0.15, -0.1) is 0 Å². The molecule has 0 aliphatic carbocycles. The predicted molar refractivity (Wildman–Crippen MR) is 256 cm³/mol. The van der Waals surface area contributed by atoms with Crippen LogP contribution >= 0.6 is 0 Å². The van der Waals surface area contributed by atoms with Crippen LogP contribution in [-0.2, 0) is 27.5 Å². The lowest BCUT2D eigenvalue weighted by Crippen LogP contribution is -2.60. The fraction of sp³-hybridized carbons (Fsp3) is 0.164. The number of hydrogen-bond acceptors (Lipinski definition) is 13. The van der Waals surface area contributed by atoms with E-state index in [4.69, 9.17) is 32.8 Å². The molecule has 1 aliphatic heterocycles. The Morgan fingerprint density at radius 2 is 1.31 bits per heavy atom. The van der Waals surface area contributed by atoms with E-state index in [0.29, 0.717) is 35.8 Å². The molecule has 13 nitrogen and oxygen atoms in total. The first kappa shape index (κ1) is 45.2. The van der Waals surface area contributed by atoms with E-state index in [1.54, 1.807) is 54.6 Å². The zero-order chi connectivity index (χ0) is 47.1. The molecule has 344 valence electrons. The van der Waals surface area contributed by atoms with Gasteiger partial charge < -0.3 is 53.3 Å². The normalized spacial score (nSPS) is 18.1. The number of carbonyl (C=O) groups is 1. The van der Waals surface area contributed by atoms with E-state index in [2.05, 4.69) is 6.58 Å². The molecule has 4 N–H and O–H groups in total. The van der Waals surface area contributed by atoms with Crippen molar-refractivity contribution in [2.45, 2.75) is 43.9 Å². The second-order valence-corrected chi connectivity index (χ2v) is 16.0. The Balaban J connectivity index is 0.973. The highest BCUT2D eigenvalue weighted by atomic mass is 16.7. The lowest BCUT2D eigenvalue weighted by atomic mass is 9.99. The third-order valence-electron chi connectivity index (χ3n) is 11.5. The summed E-state index contributed by atoms with van der Waals surface area (Å²) in [7, 11) is 0. The number of esters is 1. The van der Waals surface area contributed by atoms with Crippen molar-refractivity contribution in [1.29, 1.82) is 0 Å². The molecule has 7 aromatic carbocycles. The molecule has 68 heavy (non-hydrogen) atoms. The minimum atomic E-state index is -1.85. The van der Waals surface area contributed by atoms with Gasteiger partial charge in [0.2, 0.25) is 12.0 Å². The van der Waals surface area contributed by atoms with E-state index < -0.39 is 54.5 Å². The van der Waals surface area contributed by atoms with Crippen molar-refractivity contribution in [1.82, 2.24) is 0 Å². The molecule has 0 saturated carbocycles. The van der Waals surface area contributed by atoms with Crippen LogP contribution in [0.3, 0.4) is 0 Å². The van der Waals surface area contributed by atoms with E-state index in [0.717, 1.165) is 32.7 Å². The molecule has 1 saturated heterocycles. The summed E-state index contributed by atoms with van der Waals surface area (Å²) in [6, 6.07) is 43.9. The summed E-state index contributed by atoms with van der Waals surface area (Å²) in [6.07, 6.45) is -4.14. The number of carbonyl (C=O) groups excluding carboxylic acids is 1. The van der Waals surface area contributed by atoms with E-state index in [1.807, 2.05) is 84.9 Å². The molecule has 0 radical (unpaired) electrons. The third kappa shape index (κ3) is 9.92. The van der Waals surface area contributed by atoms with Crippen molar-refractivity contribution in [2.75, 3.05) is 13.2 Å². The summed E-state index contributed by atoms with van der Waals surface area (Å²) in [5, 5.41) is 48.7. The Kier molecular flexibility index (Phi) is 13.5. The SMILES string of the molecule is C=CCOc1ccc(/C=C/C(=O)OC[C@H]2O[C@@H](Oc3cc4oc(-c5ccc(OCc6cccc7ccccc67)cc5)cc(=O)c4c(O)c3OCc3cccc4ccccc34)[C@H](O)[C@@H](O)[C@@H]2O)cc1. The lowest BCUT2D eigenvalue weighted by molar-refractivity contribution is -0.278. The van der Waals surface area contributed by atoms with Gasteiger partial charge in [-0.25, -0.2) is 4.79 Å². The first-order chi connectivity index (χ1) is 33.1. The van der Waals surface area contributed by atoms with Gasteiger partial charge in [0, 0.05) is 23.8 Å².